The predicted molar refractivity (Wildman–Crippen MR) is 72.3 cm³/mol. The van der Waals surface area contributed by atoms with Crippen LogP contribution in [0.1, 0.15) is 64.1 Å². The largest absolute Gasteiger partial charge is 0.339 e. The van der Waals surface area contributed by atoms with Gasteiger partial charge in [-0.15, -0.1) is 0 Å². The highest BCUT2D eigenvalue weighted by atomic mass is 15.0. The topological polar surface area (TPSA) is 28.7 Å². The van der Waals surface area contributed by atoms with E-state index in [0.717, 1.165) is 5.69 Å². The number of aromatic nitrogens is 1. The molecule has 0 aromatic carbocycles. The molecule has 0 amide bonds. The van der Waals surface area contributed by atoms with E-state index in [1.54, 1.807) is 0 Å². The molecule has 17 heavy (non-hydrogen) atoms. The zero-order chi connectivity index (χ0) is 13.6. The fraction of sp³-hybridized carbons (Fsp3) is 0.667. The van der Waals surface area contributed by atoms with E-state index in [1.165, 1.54) is 16.8 Å². The molecule has 0 spiro atoms. The molecule has 0 radical (unpaired) electrons. The van der Waals surface area contributed by atoms with Crippen molar-refractivity contribution in [2.24, 2.45) is 7.05 Å². The van der Waals surface area contributed by atoms with Crippen molar-refractivity contribution < 1.29 is 0 Å². The van der Waals surface area contributed by atoms with E-state index in [0.29, 0.717) is 0 Å². The Hall–Kier alpha value is -1.23. The second-order valence-electron chi connectivity index (χ2n) is 6.85. The maximum absolute atomic E-state index is 9.40. The number of rotatable bonds is 0. The second kappa shape index (κ2) is 3.91. The Labute approximate surface area is 105 Å². The van der Waals surface area contributed by atoms with Crippen LogP contribution in [0.3, 0.4) is 0 Å². The number of hydrogen-bond donors (Lipinski definition) is 0. The van der Waals surface area contributed by atoms with Gasteiger partial charge in [0, 0.05) is 12.7 Å². The van der Waals surface area contributed by atoms with Crippen molar-refractivity contribution in [3.05, 3.63) is 22.5 Å². The average Bonchev–Trinajstić information content (AvgIpc) is 2.38. The quantitative estimate of drug-likeness (QED) is 0.669. The molecule has 0 aliphatic rings. The molecule has 0 fully saturated rings. The van der Waals surface area contributed by atoms with Gasteiger partial charge < -0.3 is 4.57 Å². The Bertz CT molecular complexity index is 471. The lowest BCUT2D eigenvalue weighted by atomic mass is 9.75. The summed E-state index contributed by atoms with van der Waals surface area (Å²) in [5.74, 6) is 0. The summed E-state index contributed by atoms with van der Waals surface area (Å²) in [6, 6.07) is 2.37. The summed E-state index contributed by atoms with van der Waals surface area (Å²) >= 11 is 0. The lowest BCUT2D eigenvalue weighted by molar-refractivity contribution is 0.531. The Morgan fingerprint density at radius 2 is 1.35 bits per heavy atom. The van der Waals surface area contributed by atoms with Crippen LogP contribution >= 0.6 is 0 Å². The zero-order valence-corrected chi connectivity index (χ0v) is 12.4. The third kappa shape index (κ3) is 2.24. The minimum absolute atomic E-state index is 0.000301. The Morgan fingerprint density at radius 1 is 0.941 bits per heavy atom. The Kier molecular flexibility index (Phi) is 3.18. The van der Waals surface area contributed by atoms with Gasteiger partial charge in [-0.25, -0.2) is 0 Å². The van der Waals surface area contributed by atoms with Gasteiger partial charge in [0.1, 0.15) is 11.8 Å². The molecule has 0 saturated heterocycles. The molecule has 0 aliphatic carbocycles. The van der Waals surface area contributed by atoms with Crippen LogP contribution in [0.25, 0.3) is 0 Å². The van der Waals surface area contributed by atoms with E-state index >= 15 is 0 Å². The highest BCUT2D eigenvalue weighted by molar-refractivity contribution is 5.51. The molecule has 0 bridgehead atoms. The van der Waals surface area contributed by atoms with Gasteiger partial charge in [-0.05, 0) is 28.9 Å². The maximum atomic E-state index is 9.40. The van der Waals surface area contributed by atoms with Crippen LogP contribution in [0.4, 0.5) is 0 Å². The fourth-order valence-electron chi connectivity index (χ4n) is 2.58. The zero-order valence-electron chi connectivity index (χ0n) is 12.4. The van der Waals surface area contributed by atoms with Gasteiger partial charge in [0.05, 0.1) is 0 Å². The average molecular weight is 232 g/mol. The van der Waals surface area contributed by atoms with Gasteiger partial charge in [0.2, 0.25) is 0 Å². The SMILES string of the molecule is Cc1c(C(C)(C)C)c(C(C)(C)C)c(C#N)n1C. The van der Waals surface area contributed by atoms with Gasteiger partial charge in [-0.2, -0.15) is 5.26 Å². The van der Waals surface area contributed by atoms with Crippen LogP contribution in [0.15, 0.2) is 0 Å². The normalized spacial score (nSPS) is 12.6. The highest BCUT2D eigenvalue weighted by Gasteiger charge is 2.32. The molecule has 94 valence electrons. The lowest BCUT2D eigenvalue weighted by Gasteiger charge is -2.27. The minimum Gasteiger partial charge on any atom is -0.339 e. The smallest absolute Gasteiger partial charge is 0.124 e. The summed E-state index contributed by atoms with van der Waals surface area (Å²) in [4.78, 5) is 0. The fourth-order valence-corrected chi connectivity index (χ4v) is 2.58. The van der Waals surface area contributed by atoms with Gasteiger partial charge in [-0.1, -0.05) is 41.5 Å². The van der Waals surface area contributed by atoms with E-state index in [9.17, 15) is 5.26 Å². The van der Waals surface area contributed by atoms with Crippen molar-refractivity contribution in [1.29, 1.82) is 5.26 Å². The Balaban J connectivity index is 3.78. The van der Waals surface area contributed by atoms with Gasteiger partial charge in [0.15, 0.2) is 0 Å². The van der Waals surface area contributed by atoms with E-state index in [-0.39, 0.29) is 10.8 Å². The minimum atomic E-state index is -0.000301. The first-order chi connectivity index (χ1) is 7.51. The molecule has 1 aromatic heterocycles. The predicted octanol–water partition coefficient (Wildman–Crippen LogP) is 3.80. The van der Waals surface area contributed by atoms with Crippen molar-refractivity contribution in [2.75, 3.05) is 0 Å². The molecular formula is C15H24N2. The van der Waals surface area contributed by atoms with Crippen LogP contribution in [0.5, 0.6) is 0 Å². The van der Waals surface area contributed by atoms with Gasteiger partial charge >= 0.3 is 0 Å². The molecule has 1 heterocycles. The summed E-state index contributed by atoms with van der Waals surface area (Å²) in [5, 5.41) is 9.40. The molecule has 2 nitrogen and oxygen atoms in total. The molecule has 0 aliphatic heterocycles. The van der Waals surface area contributed by atoms with Crippen molar-refractivity contribution in [2.45, 2.75) is 59.3 Å². The third-order valence-corrected chi connectivity index (χ3v) is 3.29. The highest BCUT2D eigenvalue weighted by Crippen LogP contribution is 2.39. The van der Waals surface area contributed by atoms with E-state index < -0.39 is 0 Å². The molecular weight excluding hydrogens is 208 g/mol. The van der Waals surface area contributed by atoms with Crippen molar-refractivity contribution in [3.63, 3.8) is 0 Å². The summed E-state index contributed by atoms with van der Waals surface area (Å²) < 4.78 is 2.03. The molecule has 2 heteroatoms. The second-order valence-corrected chi connectivity index (χ2v) is 6.85. The first-order valence-electron chi connectivity index (χ1n) is 6.12. The van der Waals surface area contributed by atoms with Crippen molar-refractivity contribution in [1.82, 2.24) is 4.57 Å². The van der Waals surface area contributed by atoms with Crippen LogP contribution in [0.2, 0.25) is 0 Å². The van der Waals surface area contributed by atoms with E-state index in [4.69, 9.17) is 0 Å². The first kappa shape index (κ1) is 13.8. The van der Waals surface area contributed by atoms with Gasteiger partial charge in [-0.3, -0.25) is 0 Å². The Morgan fingerprint density at radius 3 is 1.65 bits per heavy atom. The van der Waals surface area contributed by atoms with Crippen LogP contribution in [-0.4, -0.2) is 4.57 Å². The van der Waals surface area contributed by atoms with E-state index in [2.05, 4.69) is 54.5 Å². The molecule has 0 unspecified atom stereocenters. The summed E-state index contributed by atoms with van der Waals surface area (Å²) in [7, 11) is 1.98. The molecule has 1 aromatic rings. The molecule has 1 rings (SSSR count). The van der Waals surface area contributed by atoms with E-state index in [1.807, 2.05) is 11.6 Å². The van der Waals surface area contributed by atoms with Crippen molar-refractivity contribution in [3.8, 4) is 6.07 Å². The van der Waals surface area contributed by atoms with Crippen LogP contribution in [-0.2, 0) is 17.9 Å². The first-order valence-corrected chi connectivity index (χ1v) is 6.12. The number of nitrogens with zero attached hydrogens (tertiary/aromatic N) is 2. The standard InChI is InChI=1S/C15H24N2/c1-10-12(14(2,3)4)13(15(5,6)7)11(9-16)17(10)8/h1-8H3. The van der Waals surface area contributed by atoms with Crippen LogP contribution in [0, 0.1) is 18.3 Å². The molecule has 0 atom stereocenters. The maximum Gasteiger partial charge on any atom is 0.124 e. The summed E-state index contributed by atoms with van der Waals surface area (Å²) in [6.45, 7) is 15.3. The molecule has 0 N–H and O–H groups in total. The lowest BCUT2D eigenvalue weighted by Crippen LogP contribution is -2.21. The van der Waals surface area contributed by atoms with Crippen LogP contribution < -0.4 is 0 Å². The summed E-state index contributed by atoms with van der Waals surface area (Å²) in [5.41, 5.74) is 4.61. The molecule has 0 saturated carbocycles. The van der Waals surface area contributed by atoms with Gasteiger partial charge in [0.25, 0.3) is 0 Å². The number of hydrogen-bond acceptors (Lipinski definition) is 1. The number of nitriles is 1. The monoisotopic (exact) mass is 232 g/mol. The third-order valence-electron chi connectivity index (χ3n) is 3.29. The summed E-state index contributed by atoms with van der Waals surface area (Å²) in [6.07, 6.45) is 0. The van der Waals surface area contributed by atoms with Crippen molar-refractivity contribution >= 4 is 0 Å².